The minimum Gasteiger partial charge on any atom is -0.361 e. The lowest BCUT2D eigenvalue weighted by Crippen LogP contribution is -2.31. The van der Waals surface area contributed by atoms with Gasteiger partial charge in [0.05, 0.1) is 5.69 Å². The lowest BCUT2D eigenvalue weighted by atomic mass is 10.1. The van der Waals surface area contributed by atoms with E-state index in [-0.39, 0.29) is 0 Å². The molecule has 0 radical (unpaired) electrons. The van der Waals surface area contributed by atoms with Gasteiger partial charge < -0.3 is 9.84 Å². The Balaban J connectivity index is 2.11. The molecule has 0 aliphatic carbocycles. The van der Waals surface area contributed by atoms with Crippen LogP contribution >= 0.6 is 0 Å². The first-order valence-electron chi connectivity index (χ1n) is 5.97. The van der Waals surface area contributed by atoms with Crippen LogP contribution in [0.1, 0.15) is 36.4 Å². The lowest BCUT2D eigenvalue weighted by Gasteiger charge is -2.24. The number of nitrogens with one attached hydrogen (secondary N) is 1. The van der Waals surface area contributed by atoms with E-state index in [4.69, 9.17) is 4.52 Å². The third-order valence-electron chi connectivity index (χ3n) is 3.68. The number of hydrogen-bond acceptors (Lipinski definition) is 4. The molecule has 0 spiro atoms. The molecule has 16 heavy (non-hydrogen) atoms. The number of likely N-dealkylation sites (N-methyl/N-ethyl adjacent to an activating group) is 1. The van der Waals surface area contributed by atoms with Gasteiger partial charge in [-0.15, -0.1) is 0 Å². The molecular weight excluding hydrogens is 202 g/mol. The summed E-state index contributed by atoms with van der Waals surface area (Å²) < 4.78 is 5.24. The topological polar surface area (TPSA) is 41.3 Å². The molecule has 2 heterocycles. The van der Waals surface area contributed by atoms with E-state index in [2.05, 4.69) is 22.3 Å². The van der Waals surface area contributed by atoms with Crippen molar-refractivity contribution in [2.75, 3.05) is 20.1 Å². The molecule has 1 N–H and O–H groups in total. The summed E-state index contributed by atoms with van der Waals surface area (Å²) in [6.07, 6.45) is 1.23. The van der Waals surface area contributed by atoms with Gasteiger partial charge in [-0.1, -0.05) is 5.16 Å². The Hall–Kier alpha value is -0.870. The molecule has 1 aromatic heterocycles. The third-order valence-corrected chi connectivity index (χ3v) is 3.68. The molecule has 2 unspecified atom stereocenters. The molecule has 4 nitrogen and oxygen atoms in total. The van der Waals surface area contributed by atoms with Crippen LogP contribution in [0.3, 0.4) is 0 Å². The van der Waals surface area contributed by atoms with Gasteiger partial charge in [-0.3, -0.25) is 4.90 Å². The maximum absolute atomic E-state index is 5.24. The first-order valence-corrected chi connectivity index (χ1v) is 5.97. The smallest absolute Gasteiger partial charge is 0.138 e. The van der Waals surface area contributed by atoms with Gasteiger partial charge in [0.25, 0.3) is 0 Å². The molecule has 0 aromatic carbocycles. The van der Waals surface area contributed by atoms with Crippen molar-refractivity contribution in [3.05, 3.63) is 17.0 Å². The van der Waals surface area contributed by atoms with Crippen LogP contribution in [0, 0.1) is 13.8 Å². The Morgan fingerprint density at radius 1 is 1.50 bits per heavy atom. The summed E-state index contributed by atoms with van der Waals surface area (Å²) in [5, 5.41) is 7.37. The minimum absolute atomic E-state index is 0.407. The molecule has 1 aromatic rings. The Kier molecular flexibility index (Phi) is 3.30. The van der Waals surface area contributed by atoms with Crippen molar-refractivity contribution in [1.82, 2.24) is 15.4 Å². The summed E-state index contributed by atoms with van der Waals surface area (Å²) in [5.74, 6) is 0.956. The Morgan fingerprint density at radius 3 is 2.75 bits per heavy atom. The first kappa shape index (κ1) is 11.6. The molecule has 1 aliphatic heterocycles. The van der Waals surface area contributed by atoms with Gasteiger partial charge in [0, 0.05) is 30.7 Å². The number of nitrogens with zero attached hydrogens (tertiary/aromatic N) is 2. The highest BCUT2D eigenvalue weighted by Gasteiger charge is 2.28. The van der Waals surface area contributed by atoms with Crippen LogP contribution in [0.25, 0.3) is 0 Å². The zero-order chi connectivity index (χ0) is 11.7. The maximum Gasteiger partial charge on any atom is 0.138 e. The molecule has 1 saturated heterocycles. The van der Waals surface area contributed by atoms with Gasteiger partial charge in [0.1, 0.15) is 5.76 Å². The van der Waals surface area contributed by atoms with Crippen LogP contribution < -0.4 is 5.32 Å². The standard InChI is InChI=1S/C12H21N3O/c1-8-12(10(3)16-14-8)9(2)15-6-5-11(7-15)13-4/h9,11,13H,5-7H2,1-4H3. The van der Waals surface area contributed by atoms with E-state index in [1.54, 1.807) is 0 Å². The molecule has 0 amide bonds. The SMILES string of the molecule is CNC1CCN(C(C)c2c(C)noc2C)C1. The molecule has 2 atom stereocenters. The largest absolute Gasteiger partial charge is 0.361 e. The van der Waals surface area contributed by atoms with Crippen LogP contribution in [0.15, 0.2) is 4.52 Å². The highest BCUT2D eigenvalue weighted by atomic mass is 16.5. The Bertz CT molecular complexity index is 342. The molecule has 4 heteroatoms. The third kappa shape index (κ3) is 1.99. The highest BCUT2D eigenvalue weighted by molar-refractivity contribution is 5.24. The number of likely N-dealkylation sites (tertiary alicyclic amines) is 1. The van der Waals surface area contributed by atoms with Crippen LogP contribution in [0.2, 0.25) is 0 Å². The maximum atomic E-state index is 5.24. The molecular formula is C12H21N3O. The summed E-state index contributed by atoms with van der Waals surface area (Å²) in [5.41, 5.74) is 2.29. The van der Waals surface area contributed by atoms with Gasteiger partial charge in [-0.05, 0) is 34.2 Å². The summed E-state index contributed by atoms with van der Waals surface area (Å²) in [4.78, 5) is 2.49. The zero-order valence-corrected chi connectivity index (χ0v) is 10.6. The van der Waals surface area contributed by atoms with Crippen LogP contribution in [0.4, 0.5) is 0 Å². The monoisotopic (exact) mass is 223 g/mol. The quantitative estimate of drug-likeness (QED) is 0.846. The van der Waals surface area contributed by atoms with Crippen molar-refractivity contribution >= 4 is 0 Å². The Labute approximate surface area is 97.0 Å². The van der Waals surface area contributed by atoms with E-state index in [1.807, 2.05) is 20.9 Å². The molecule has 90 valence electrons. The Morgan fingerprint density at radius 2 is 2.25 bits per heavy atom. The summed E-state index contributed by atoms with van der Waals surface area (Å²) in [6, 6.07) is 1.03. The fraction of sp³-hybridized carbons (Fsp3) is 0.750. The van der Waals surface area contributed by atoms with Crippen molar-refractivity contribution in [1.29, 1.82) is 0 Å². The summed E-state index contributed by atoms with van der Waals surface area (Å²) in [6.45, 7) is 8.52. The first-order chi connectivity index (χ1) is 7.63. The summed E-state index contributed by atoms with van der Waals surface area (Å²) in [7, 11) is 2.04. The second-order valence-electron chi connectivity index (χ2n) is 4.68. The van der Waals surface area contributed by atoms with Crippen LogP contribution in [0.5, 0.6) is 0 Å². The van der Waals surface area contributed by atoms with E-state index < -0.39 is 0 Å². The number of aromatic nitrogens is 1. The normalized spacial score (nSPS) is 23.9. The fourth-order valence-corrected chi connectivity index (χ4v) is 2.64. The number of aryl methyl sites for hydroxylation is 2. The highest BCUT2D eigenvalue weighted by Crippen LogP contribution is 2.29. The van der Waals surface area contributed by atoms with Crippen molar-refractivity contribution in [2.24, 2.45) is 0 Å². The minimum atomic E-state index is 0.407. The second-order valence-corrected chi connectivity index (χ2v) is 4.68. The number of rotatable bonds is 3. The van der Waals surface area contributed by atoms with E-state index >= 15 is 0 Å². The van der Waals surface area contributed by atoms with Crippen LogP contribution in [-0.4, -0.2) is 36.2 Å². The molecule has 0 bridgehead atoms. The van der Waals surface area contributed by atoms with Crippen LogP contribution in [-0.2, 0) is 0 Å². The van der Waals surface area contributed by atoms with Crippen molar-refractivity contribution in [3.8, 4) is 0 Å². The van der Waals surface area contributed by atoms with E-state index in [0.29, 0.717) is 12.1 Å². The van der Waals surface area contributed by atoms with Gasteiger partial charge in [-0.2, -0.15) is 0 Å². The molecule has 1 aliphatic rings. The van der Waals surface area contributed by atoms with E-state index in [9.17, 15) is 0 Å². The van der Waals surface area contributed by atoms with Crippen molar-refractivity contribution in [2.45, 2.75) is 39.3 Å². The van der Waals surface area contributed by atoms with E-state index in [1.165, 1.54) is 12.0 Å². The summed E-state index contributed by atoms with van der Waals surface area (Å²) >= 11 is 0. The van der Waals surface area contributed by atoms with Crippen molar-refractivity contribution < 1.29 is 4.52 Å². The molecule has 0 saturated carbocycles. The average Bonchev–Trinajstić information content (AvgIpc) is 2.85. The molecule has 2 rings (SSSR count). The average molecular weight is 223 g/mol. The molecule has 1 fully saturated rings. The predicted molar refractivity (Wildman–Crippen MR) is 63.4 cm³/mol. The van der Waals surface area contributed by atoms with E-state index in [0.717, 1.165) is 24.5 Å². The zero-order valence-electron chi connectivity index (χ0n) is 10.6. The van der Waals surface area contributed by atoms with Gasteiger partial charge in [0.2, 0.25) is 0 Å². The van der Waals surface area contributed by atoms with Gasteiger partial charge in [0.15, 0.2) is 0 Å². The fourth-order valence-electron chi connectivity index (χ4n) is 2.64. The lowest BCUT2D eigenvalue weighted by molar-refractivity contribution is 0.254. The predicted octanol–water partition coefficient (Wildman–Crippen LogP) is 1.65. The number of hydrogen-bond donors (Lipinski definition) is 1. The van der Waals surface area contributed by atoms with Crippen molar-refractivity contribution in [3.63, 3.8) is 0 Å². The van der Waals surface area contributed by atoms with Gasteiger partial charge in [-0.25, -0.2) is 0 Å². The van der Waals surface area contributed by atoms with Gasteiger partial charge >= 0.3 is 0 Å². The second kappa shape index (κ2) is 4.55.